The minimum absolute atomic E-state index is 0.183. The number of ether oxygens (including phenoxy) is 1. The summed E-state index contributed by atoms with van der Waals surface area (Å²) in [7, 11) is 0. The van der Waals surface area contributed by atoms with Crippen LogP contribution in [0.4, 0.5) is 0 Å². The average molecular weight is 227 g/mol. The Labute approximate surface area is 94.7 Å². The third-order valence-electron chi connectivity index (χ3n) is 2.90. The Morgan fingerprint density at radius 3 is 3.13 bits per heavy atom. The van der Waals surface area contributed by atoms with Crippen molar-refractivity contribution in [2.75, 3.05) is 6.61 Å². The van der Waals surface area contributed by atoms with Crippen LogP contribution < -0.4 is 0 Å². The van der Waals surface area contributed by atoms with E-state index in [1.807, 2.05) is 13.8 Å². The van der Waals surface area contributed by atoms with Gasteiger partial charge in [0.15, 0.2) is 0 Å². The number of fused-ring (bicyclic) bond motifs is 1. The summed E-state index contributed by atoms with van der Waals surface area (Å²) in [5, 5.41) is 0.466. The molecule has 1 saturated carbocycles. The lowest BCUT2D eigenvalue weighted by molar-refractivity contribution is -0.145. The van der Waals surface area contributed by atoms with Gasteiger partial charge in [0.25, 0.3) is 0 Å². The first-order valence-electron chi connectivity index (χ1n) is 5.59. The smallest absolute Gasteiger partial charge is 0.344 e. The second-order valence-electron chi connectivity index (χ2n) is 4.16. The number of esters is 1. The Morgan fingerprint density at radius 1 is 1.67 bits per heavy atom. The van der Waals surface area contributed by atoms with Gasteiger partial charge in [-0.25, -0.2) is 4.79 Å². The molecule has 0 aromatic heterocycles. The van der Waals surface area contributed by atoms with Gasteiger partial charge < -0.3 is 4.74 Å². The molecule has 0 aromatic rings. The number of carbonyl (C=O) groups excluding carboxylic acids is 1. The normalized spacial score (nSPS) is 34.5. The van der Waals surface area contributed by atoms with Gasteiger partial charge in [-0.2, -0.15) is 0 Å². The summed E-state index contributed by atoms with van der Waals surface area (Å²) < 4.78 is 5.07. The Kier molecular flexibility index (Phi) is 3.05. The molecule has 0 saturated heterocycles. The van der Waals surface area contributed by atoms with Gasteiger partial charge in [0.1, 0.15) is 0 Å². The summed E-state index contributed by atoms with van der Waals surface area (Å²) in [6.45, 7) is 4.15. The fourth-order valence-corrected chi connectivity index (χ4v) is 3.62. The Hall–Kier alpha value is -0.510. The van der Waals surface area contributed by atoms with Crippen LogP contribution in [0.25, 0.3) is 0 Å². The molecule has 4 heteroatoms. The van der Waals surface area contributed by atoms with E-state index in [1.165, 1.54) is 25.0 Å². The minimum Gasteiger partial charge on any atom is -0.464 e. The van der Waals surface area contributed by atoms with Gasteiger partial charge in [-0.15, -0.1) is 11.8 Å². The molecule has 2 atom stereocenters. The zero-order chi connectivity index (χ0) is 10.9. The monoisotopic (exact) mass is 227 g/mol. The molecule has 2 rings (SSSR count). The standard InChI is InChI=1S/C11H17NO2S/c1-3-14-10(13)11(2)12-8-6-4-5-7-9(8)15-11/h9H,3-7H2,1-2H3. The fourth-order valence-electron chi connectivity index (χ4n) is 2.15. The zero-order valence-electron chi connectivity index (χ0n) is 9.28. The first-order valence-corrected chi connectivity index (χ1v) is 6.47. The van der Waals surface area contributed by atoms with Crippen molar-refractivity contribution in [3.8, 4) is 0 Å². The topological polar surface area (TPSA) is 38.7 Å². The second kappa shape index (κ2) is 4.16. The summed E-state index contributed by atoms with van der Waals surface area (Å²) >= 11 is 1.67. The van der Waals surface area contributed by atoms with E-state index in [0.717, 1.165) is 6.42 Å². The SMILES string of the molecule is CCOC(=O)C1(C)N=C2CCCCC2S1. The number of nitrogens with zero attached hydrogens (tertiary/aromatic N) is 1. The minimum atomic E-state index is -0.666. The van der Waals surface area contributed by atoms with Crippen molar-refractivity contribution < 1.29 is 9.53 Å². The molecule has 15 heavy (non-hydrogen) atoms. The number of hydrogen-bond acceptors (Lipinski definition) is 4. The molecular formula is C11H17NO2S. The molecule has 0 aromatic carbocycles. The van der Waals surface area contributed by atoms with E-state index >= 15 is 0 Å². The summed E-state index contributed by atoms with van der Waals surface area (Å²) in [6.07, 6.45) is 4.70. The highest BCUT2D eigenvalue weighted by Crippen LogP contribution is 2.43. The third-order valence-corrected chi connectivity index (χ3v) is 4.41. The summed E-state index contributed by atoms with van der Waals surface area (Å²) in [5.41, 5.74) is 1.22. The summed E-state index contributed by atoms with van der Waals surface area (Å²) in [5.74, 6) is -0.183. The van der Waals surface area contributed by atoms with Crippen LogP contribution in [-0.4, -0.2) is 28.4 Å². The average Bonchev–Trinajstić information content (AvgIpc) is 2.56. The first-order chi connectivity index (χ1) is 7.15. The largest absolute Gasteiger partial charge is 0.464 e. The van der Waals surface area contributed by atoms with Gasteiger partial charge in [-0.1, -0.05) is 6.42 Å². The van der Waals surface area contributed by atoms with Crippen molar-refractivity contribution >= 4 is 23.4 Å². The lowest BCUT2D eigenvalue weighted by Gasteiger charge is -2.20. The summed E-state index contributed by atoms with van der Waals surface area (Å²) in [6, 6.07) is 0. The van der Waals surface area contributed by atoms with E-state index in [4.69, 9.17) is 4.74 Å². The van der Waals surface area contributed by atoms with Gasteiger partial charge in [-0.3, -0.25) is 4.99 Å². The van der Waals surface area contributed by atoms with Gasteiger partial charge in [0, 0.05) is 11.0 Å². The first kappa shape index (κ1) is 11.0. The zero-order valence-corrected chi connectivity index (χ0v) is 10.1. The molecule has 0 radical (unpaired) electrons. The Morgan fingerprint density at radius 2 is 2.47 bits per heavy atom. The number of aliphatic imine (C=N–C) groups is 1. The van der Waals surface area contributed by atoms with Crippen molar-refractivity contribution in [3.05, 3.63) is 0 Å². The lowest BCUT2D eigenvalue weighted by Crippen LogP contribution is -2.30. The number of carbonyl (C=O) groups is 1. The highest BCUT2D eigenvalue weighted by molar-refractivity contribution is 8.03. The predicted octanol–water partition coefficient (Wildman–Crippen LogP) is 2.40. The molecule has 0 bridgehead atoms. The van der Waals surface area contributed by atoms with Crippen LogP contribution in [0.1, 0.15) is 39.5 Å². The van der Waals surface area contributed by atoms with Crippen molar-refractivity contribution in [3.63, 3.8) is 0 Å². The molecule has 1 aliphatic heterocycles. The second-order valence-corrected chi connectivity index (χ2v) is 5.76. The molecular weight excluding hydrogens is 210 g/mol. The van der Waals surface area contributed by atoms with Gasteiger partial charge in [0.2, 0.25) is 4.87 Å². The van der Waals surface area contributed by atoms with Gasteiger partial charge >= 0.3 is 5.97 Å². The molecule has 2 unspecified atom stereocenters. The Balaban J connectivity index is 2.11. The molecule has 1 aliphatic carbocycles. The van der Waals surface area contributed by atoms with Crippen LogP contribution in [-0.2, 0) is 9.53 Å². The fraction of sp³-hybridized carbons (Fsp3) is 0.818. The molecule has 0 amide bonds. The van der Waals surface area contributed by atoms with Crippen LogP contribution in [0.2, 0.25) is 0 Å². The summed E-state index contributed by atoms with van der Waals surface area (Å²) in [4.78, 5) is 15.7. The third kappa shape index (κ3) is 2.05. The Bertz CT molecular complexity index is 303. The quantitative estimate of drug-likeness (QED) is 0.680. The van der Waals surface area contributed by atoms with E-state index < -0.39 is 4.87 Å². The molecule has 0 N–H and O–H groups in total. The predicted molar refractivity (Wildman–Crippen MR) is 62.3 cm³/mol. The van der Waals surface area contributed by atoms with Crippen LogP contribution in [0.15, 0.2) is 4.99 Å². The van der Waals surface area contributed by atoms with Gasteiger partial charge in [0.05, 0.1) is 6.61 Å². The van der Waals surface area contributed by atoms with Gasteiger partial charge in [-0.05, 0) is 33.1 Å². The highest BCUT2D eigenvalue weighted by Gasteiger charge is 2.45. The lowest BCUT2D eigenvalue weighted by atomic mass is 9.98. The molecule has 1 fully saturated rings. The van der Waals surface area contributed by atoms with Crippen LogP contribution in [0, 0.1) is 0 Å². The van der Waals surface area contributed by atoms with Crippen LogP contribution >= 0.6 is 11.8 Å². The maximum atomic E-state index is 11.8. The van der Waals surface area contributed by atoms with E-state index in [9.17, 15) is 4.79 Å². The van der Waals surface area contributed by atoms with E-state index in [0.29, 0.717) is 11.9 Å². The van der Waals surface area contributed by atoms with Crippen LogP contribution in [0.3, 0.4) is 0 Å². The molecule has 3 nitrogen and oxygen atoms in total. The highest BCUT2D eigenvalue weighted by atomic mass is 32.2. The molecule has 84 valence electrons. The van der Waals surface area contributed by atoms with Crippen molar-refractivity contribution in [1.29, 1.82) is 0 Å². The molecule has 1 heterocycles. The van der Waals surface area contributed by atoms with Crippen molar-refractivity contribution in [2.45, 2.75) is 49.7 Å². The van der Waals surface area contributed by atoms with E-state index in [1.54, 1.807) is 11.8 Å². The van der Waals surface area contributed by atoms with E-state index in [-0.39, 0.29) is 5.97 Å². The number of rotatable bonds is 2. The van der Waals surface area contributed by atoms with Crippen LogP contribution in [0.5, 0.6) is 0 Å². The number of thioether (sulfide) groups is 1. The van der Waals surface area contributed by atoms with E-state index in [2.05, 4.69) is 4.99 Å². The van der Waals surface area contributed by atoms with Crippen molar-refractivity contribution in [2.24, 2.45) is 4.99 Å². The van der Waals surface area contributed by atoms with Crippen molar-refractivity contribution in [1.82, 2.24) is 0 Å². The number of hydrogen-bond donors (Lipinski definition) is 0. The maximum Gasteiger partial charge on any atom is 0.344 e. The molecule has 0 spiro atoms. The molecule has 2 aliphatic rings. The maximum absolute atomic E-state index is 11.8.